The number of benzene rings is 2. The van der Waals surface area contributed by atoms with Crippen LogP contribution in [0.1, 0.15) is 36.8 Å². The Morgan fingerprint density at radius 1 is 0.886 bits per heavy atom. The van der Waals surface area contributed by atoms with Crippen molar-refractivity contribution in [1.29, 1.82) is 0 Å². The number of nitrogens with zero attached hydrogens (tertiary/aromatic N) is 3. The number of para-hydroxylation sites is 2. The van der Waals surface area contributed by atoms with Gasteiger partial charge in [0.15, 0.2) is 0 Å². The molecule has 1 aliphatic carbocycles. The zero-order valence-corrected chi connectivity index (χ0v) is 19.4. The van der Waals surface area contributed by atoms with Crippen LogP contribution < -0.4 is 16.0 Å². The lowest BCUT2D eigenvalue weighted by molar-refractivity contribution is -0.119. The van der Waals surface area contributed by atoms with E-state index in [1.165, 1.54) is 0 Å². The molecule has 178 valence electrons. The van der Waals surface area contributed by atoms with E-state index in [9.17, 15) is 9.59 Å². The smallest absolute Gasteiger partial charge is 0.315 e. The van der Waals surface area contributed by atoms with Gasteiger partial charge in [-0.15, -0.1) is 0 Å². The van der Waals surface area contributed by atoms with Crippen molar-refractivity contribution >= 4 is 28.7 Å². The number of anilines is 1. The van der Waals surface area contributed by atoms with Crippen molar-refractivity contribution in [3.05, 3.63) is 84.3 Å². The lowest BCUT2D eigenvalue weighted by Gasteiger charge is -2.12. The van der Waals surface area contributed by atoms with Crippen molar-refractivity contribution < 1.29 is 9.59 Å². The van der Waals surface area contributed by atoms with Gasteiger partial charge in [0.1, 0.15) is 12.1 Å². The summed E-state index contributed by atoms with van der Waals surface area (Å²) < 4.78 is 1.93. The van der Waals surface area contributed by atoms with E-state index in [1.807, 2.05) is 65.2 Å². The molecule has 1 saturated carbocycles. The molecule has 8 heteroatoms. The molecule has 3 amide bonds. The van der Waals surface area contributed by atoms with Gasteiger partial charge in [0.25, 0.3) is 0 Å². The summed E-state index contributed by atoms with van der Waals surface area (Å²) in [6.07, 6.45) is 7.69. The minimum absolute atomic E-state index is 0.0891. The van der Waals surface area contributed by atoms with Crippen molar-refractivity contribution in [2.24, 2.45) is 5.92 Å². The highest BCUT2D eigenvalue weighted by molar-refractivity contribution is 5.92. The van der Waals surface area contributed by atoms with E-state index in [4.69, 9.17) is 0 Å². The molecule has 0 saturated heterocycles. The first kappa shape index (κ1) is 22.6. The first-order valence-electron chi connectivity index (χ1n) is 11.9. The average molecular weight is 469 g/mol. The van der Waals surface area contributed by atoms with E-state index in [-0.39, 0.29) is 17.9 Å². The van der Waals surface area contributed by atoms with Crippen molar-refractivity contribution in [2.75, 3.05) is 5.32 Å². The minimum Gasteiger partial charge on any atom is -0.334 e. The lowest BCUT2D eigenvalue weighted by atomic mass is 10.1. The van der Waals surface area contributed by atoms with Crippen LogP contribution in [0.5, 0.6) is 0 Å². The fourth-order valence-corrected chi connectivity index (χ4v) is 4.42. The molecule has 0 bridgehead atoms. The highest BCUT2D eigenvalue weighted by Crippen LogP contribution is 2.26. The molecule has 3 N–H and O–H groups in total. The van der Waals surface area contributed by atoms with E-state index >= 15 is 0 Å². The number of aromatic nitrogens is 3. The van der Waals surface area contributed by atoms with Gasteiger partial charge in [0.2, 0.25) is 5.91 Å². The molecule has 0 aliphatic heterocycles. The number of hydrogen-bond donors (Lipinski definition) is 3. The topological polar surface area (TPSA) is 101 Å². The third-order valence-electron chi connectivity index (χ3n) is 6.34. The summed E-state index contributed by atoms with van der Waals surface area (Å²) in [5, 5.41) is 8.72. The summed E-state index contributed by atoms with van der Waals surface area (Å²) in [6, 6.07) is 19.1. The number of imidazole rings is 1. The van der Waals surface area contributed by atoms with E-state index < -0.39 is 0 Å². The Hall–Kier alpha value is -4.20. The largest absolute Gasteiger partial charge is 0.334 e. The monoisotopic (exact) mass is 468 g/mol. The number of pyridine rings is 1. The molecule has 4 aromatic rings. The summed E-state index contributed by atoms with van der Waals surface area (Å²) in [5.74, 6) is 0.975. The average Bonchev–Trinajstić information content (AvgIpc) is 3.58. The molecule has 1 aliphatic rings. The lowest BCUT2D eigenvalue weighted by Crippen LogP contribution is -2.34. The van der Waals surface area contributed by atoms with Gasteiger partial charge in [-0.05, 0) is 54.3 Å². The van der Waals surface area contributed by atoms with Crippen molar-refractivity contribution in [3.63, 3.8) is 0 Å². The molecule has 8 nitrogen and oxygen atoms in total. The molecule has 5 rings (SSSR count). The molecule has 2 aromatic carbocycles. The van der Waals surface area contributed by atoms with Crippen LogP contribution in [0.3, 0.4) is 0 Å². The van der Waals surface area contributed by atoms with E-state index in [1.54, 1.807) is 12.5 Å². The van der Waals surface area contributed by atoms with Crippen LogP contribution in [0.15, 0.2) is 73.2 Å². The normalized spacial score (nSPS) is 13.6. The number of nitrogens with one attached hydrogen (secondary N) is 3. The molecule has 0 atom stereocenters. The Morgan fingerprint density at radius 2 is 1.69 bits per heavy atom. The van der Waals surface area contributed by atoms with Gasteiger partial charge in [-0.25, -0.2) is 14.8 Å². The Kier molecular flexibility index (Phi) is 6.70. The van der Waals surface area contributed by atoms with Gasteiger partial charge in [-0.3, -0.25) is 9.36 Å². The van der Waals surface area contributed by atoms with E-state index in [0.717, 1.165) is 59.3 Å². The Labute approximate surface area is 203 Å². The number of amides is 3. The summed E-state index contributed by atoms with van der Waals surface area (Å²) in [4.78, 5) is 33.6. The van der Waals surface area contributed by atoms with Crippen molar-refractivity contribution in [1.82, 2.24) is 25.2 Å². The number of carbonyl (C=O) groups excluding carboxylic acids is 2. The molecule has 0 spiro atoms. The number of urea groups is 1. The number of hydrogen-bond acceptors (Lipinski definition) is 4. The standard InChI is InChI=1S/C27H28N6O2/c34-26(21-7-1-2-8-21)32-22-9-5-6-19(14-22)15-29-27(35)30-17-20-12-13-25(28-16-20)33-18-31-23-10-3-4-11-24(23)33/h3-6,9-14,16,18,21H,1-2,7-8,15,17H2,(H,32,34)(H2,29,30,35). The second kappa shape index (κ2) is 10.4. The van der Waals surface area contributed by atoms with E-state index in [0.29, 0.717) is 13.1 Å². The first-order chi connectivity index (χ1) is 17.2. The predicted octanol–water partition coefficient (Wildman–Crippen LogP) is 4.55. The number of fused-ring (bicyclic) bond motifs is 1. The zero-order valence-electron chi connectivity index (χ0n) is 19.4. The van der Waals surface area contributed by atoms with Crippen LogP contribution in [0.4, 0.5) is 10.5 Å². The van der Waals surface area contributed by atoms with Crippen LogP contribution >= 0.6 is 0 Å². The Balaban J connectivity index is 1.11. The van der Waals surface area contributed by atoms with Gasteiger partial charge in [-0.2, -0.15) is 0 Å². The molecule has 35 heavy (non-hydrogen) atoms. The SMILES string of the molecule is O=C(NCc1ccc(-n2cnc3ccccc32)nc1)NCc1cccc(NC(=O)C2CCCC2)c1. The molecule has 0 radical (unpaired) electrons. The highest BCUT2D eigenvalue weighted by Gasteiger charge is 2.22. The van der Waals surface area contributed by atoms with Gasteiger partial charge in [-0.1, -0.05) is 43.2 Å². The molecule has 2 aromatic heterocycles. The summed E-state index contributed by atoms with van der Waals surface area (Å²) in [6.45, 7) is 0.727. The summed E-state index contributed by atoms with van der Waals surface area (Å²) >= 11 is 0. The minimum atomic E-state index is -0.268. The number of rotatable bonds is 7. The van der Waals surface area contributed by atoms with Crippen LogP contribution in [-0.4, -0.2) is 26.5 Å². The Bertz CT molecular complexity index is 1330. The van der Waals surface area contributed by atoms with Gasteiger partial charge in [0.05, 0.1) is 11.0 Å². The summed E-state index contributed by atoms with van der Waals surface area (Å²) in [7, 11) is 0. The van der Waals surface area contributed by atoms with Crippen molar-refractivity contribution in [2.45, 2.75) is 38.8 Å². The summed E-state index contributed by atoms with van der Waals surface area (Å²) in [5.41, 5.74) is 4.48. The van der Waals surface area contributed by atoms with Crippen LogP contribution in [-0.2, 0) is 17.9 Å². The van der Waals surface area contributed by atoms with Gasteiger partial charge < -0.3 is 16.0 Å². The third-order valence-corrected chi connectivity index (χ3v) is 6.34. The van der Waals surface area contributed by atoms with Crippen LogP contribution in [0.25, 0.3) is 16.9 Å². The molecule has 0 unspecified atom stereocenters. The zero-order chi connectivity index (χ0) is 24.0. The third kappa shape index (κ3) is 5.48. The molecular formula is C27H28N6O2. The highest BCUT2D eigenvalue weighted by atomic mass is 16.2. The Morgan fingerprint density at radius 3 is 2.49 bits per heavy atom. The fraction of sp³-hybridized carbons (Fsp3) is 0.259. The van der Waals surface area contributed by atoms with Gasteiger partial charge in [0, 0.05) is 30.9 Å². The maximum atomic E-state index is 12.4. The van der Waals surface area contributed by atoms with Gasteiger partial charge >= 0.3 is 6.03 Å². The van der Waals surface area contributed by atoms with E-state index in [2.05, 4.69) is 25.9 Å². The molecule has 1 fully saturated rings. The second-order valence-corrected chi connectivity index (χ2v) is 8.84. The van der Waals surface area contributed by atoms with Crippen LogP contribution in [0, 0.1) is 5.92 Å². The maximum Gasteiger partial charge on any atom is 0.315 e. The first-order valence-corrected chi connectivity index (χ1v) is 11.9. The second-order valence-electron chi connectivity index (χ2n) is 8.84. The fourth-order valence-electron chi connectivity index (χ4n) is 4.42. The number of carbonyl (C=O) groups is 2. The van der Waals surface area contributed by atoms with Crippen molar-refractivity contribution in [3.8, 4) is 5.82 Å². The maximum absolute atomic E-state index is 12.4. The molecular weight excluding hydrogens is 440 g/mol. The van der Waals surface area contributed by atoms with Crippen LogP contribution in [0.2, 0.25) is 0 Å². The molecule has 2 heterocycles. The quantitative estimate of drug-likeness (QED) is 0.370. The predicted molar refractivity (Wildman–Crippen MR) is 135 cm³/mol.